The number of nitrogens with zero attached hydrogens (tertiary/aromatic N) is 2. The summed E-state index contributed by atoms with van der Waals surface area (Å²) in [6.45, 7) is 2.00. The van der Waals surface area contributed by atoms with E-state index < -0.39 is 0 Å². The highest BCUT2D eigenvalue weighted by atomic mass is 16.1. The van der Waals surface area contributed by atoms with Crippen molar-refractivity contribution in [2.45, 2.75) is 13.3 Å². The molecule has 3 aromatic rings. The van der Waals surface area contributed by atoms with Crippen molar-refractivity contribution in [2.75, 3.05) is 0 Å². The van der Waals surface area contributed by atoms with Gasteiger partial charge < -0.3 is 4.98 Å². The highest BCUT2D eigenvalue weighted by Crippen LogP contribution is 2.20. The van der Waals surface area contributed by atoms with Crippen LogP contribution in [0.3, 0.4) is 0 Å². The van der Waals surface area contributed by atoms with E-state index in [0.717, 1.165) is 23.5 Å². The number of aryl methyl sites for hydroxylation is 1. The molecule has 2 aromatic heterocycles. The minimum atomic E-state index is -0.0935. The van der Waals surface area contributed by atoms with Gasteiger partial charge in [-0.2, -0.15) is 0 Å². The number of fused-ring (bicyclic) bond motifs is 1. The Kier molecular flexibility index (Phi) is 2.48. The zero-order chi connectivity index (χ0) is 12.5. The molecular formula is C14H13N3O. The first-order valence-corrected chi connectivity index (χ1v) is 5.95. The smallest absolute Gasteiger partial charge is 0.274 e. The molecule has 0 amide bonds. The summed E-state index contributed by atoms with van der Waals surface area (Å²) in [5.74, 6) is 0.813. The number of hydrogen-bond acceptors (Lipinski definition) is 2. The molecule has 0 unspecified atom stereocenters. The maximum atomic E-state index is 11.9. The van der Waals surface area contributed by atoms with Crippen molar-refractivity contribution in [1.29, 1.82) is 0 Å². The van der Waals surface area contributed by atoms with Gasteiger partial charge in [0.2, 0.25) is 0 Å². The fraction of sp³-hybridized carbons (Fsp3) is 0.143. The first kappa shape index (κ1) is 10.8. The molecule has 0 saturated carbocycles. The average Bonchev–Trinajstić information content (AvgIpc) is 2.80. The molecule has 0 bridgehead atoms. The molecule has 1 aromatic carbocycles. The van der Waals surface area contributed by atoms with Crippen LogP contribution in [0.15, 0.2) is 47.5 Å². The zero-order valence-corrected chi connectivity index (χ0v) is 10.1. The highest BCUT2D eigenvalue weighted by Gasteiger charge is 2.13. The Labute approximate surface area is 104 Å². The van der Waals surface area contributed by atoms with Gasteiger partial charge in [-0.15, -0.1) is 0 Å². The molecule has 4 nitrogen and oxygen atoms in total. The van der Waals surface area contributed by atoms with Crippen LogP contribution in [-0.4, -0.2) is 14.4 Å². The third kappa shape index (κ3) is 1.54. The highest BCUT2D eigenvalue weighted by molar-refractivity contribution is 5.64. The fourth-order valence-electron chi connectivity index (χ4n) is 2.16. The number of H-pyrrole nitrogens is 1. The summed E-state index contributed by atoms with van der Waals surface area (Å²) >= 11 is 0. The summed E-state index contributed by atoms with van der Waals surface area (Å²) in [6, 6.07) is 9.89. The van der Waals surface area contributed by atoms with Crippen LogP contribution in [0.2, 0.25) is 0 Å². The van der Waals surface area contributed by atoms with Gasteiger partial charge in [0.05, 0.1) is 5.69 Å². The van der Waals surface area contributed by atoms with E-state index in [9.17, 15) is 4.79 Å². The number of nitrogens with one attached hydrogen (secondary N) is 1. The van der Waals surface area contributed by atoms with E-state index in [4.69, 9.17) is 0 Å². The van der Waals surface area contributed by atoms with E-state index in [1.165, 1.54) is 0 Å². The maximum absolute atomic E-state index is 11.9. The van der Waals surface area contributed by atoms with E-state index in [0.29, 0.717) is 5.52 Å². The van der Waals surface area contributed by atoms with Crippen LogP contribution in [0.25, 0.3) is 16.9 Å². The molecule has 1 N–H and O–H groups in total. The van der Waals surface area contributed by atoms with Crippen LogP contribution in [0.4, 0.5) is 0 Å². The number of imidazole rings is 1. The van der Waals surface area contributed by atoms with Gasteiger partial charge in [0.15, 0.2) is 0 Å². The molecule has 0 saturated heterocycles. The first-order valence-electron chi connectivity index (χ1n) is 5.95. The van der Waals surface area contributed by atoms with Crippen LogP contribution >= 0.6 is 0 Å². The van der Waals surface area contributed by atoms with Crippen LogP contribution in [-0.2, 0) is 6.42 Å². The molecule has 90 valence electrons. The van der Waals surface area contributed by atoms with Crippen LogP contribution in [0.5, 0.6) is 0 Å². The van der Waals surface area contributed by atoms with Crippen molar-refractivity contribution in [2.24, 2.45) is 0 Å². The second-order valence-corrected chi connectivity index (χ2v) is 4.11. The second kappa shape index (κ2) is 4.14. The second-order valence-electron chi connectivity index (χ2n) is 4.11. The van der Waals surface area contributed by atoms with Gasteiger partial charge in [0, 0.05) is 18.0 Å². The molecule has 4 heteroatoms. The van der Waals surface area contributed by atoms with Gasteiger partial charge in [0.25, 0.3) is 5.56 Å². The van der Waals surface area contributed by atoms with Crippen LogP contribution in [0, 0.1) is 0 Å². The molecule has 0 aliphatic rings. The van der Waals surface area contributed by atoms with Crippen LogP contribution in [0.1, 0.15) is 12.6 Å². The first-order chi connectivity index (χ1) is 8.81. The largest absolute Gasteiger partial charge is 0.326 e. The van der Waals surface area contributed by atoms with Gasteiger partial charge in [0.1, 0.15) is 11.3 Å². The number of aromatic nitrogens is 3. The van der Waals surface area contributed by atoms with Crippen molar-refractivity contribution in [3.05, 3.63) is 58.8 Å². The number of rotatable bonds is 2. The molecule has 3 rings (SSSR count). The fourth-order valence-corrected chi connectivity index (χ4v) is 2.16. The van der Waals surface area contributed by atoms with Gasteiger partial charge in [-0.3, -0.25) is 9.20 Å². The number of hydrogen-bond donors (Lipinski definition) is 1. The lowest BCUT2D eigenvalue weighted by Crippen LogP contribution is -2.09. The lowest BCUT2D eigenvalue weighted by molar-refractivity contribution is 1.07. The Bertz CT molecular complexity index is 741. The summed E-state index contributed by atoms with van der Waals surface area (Å²) in [5.41, 5.74) is 2.39. The normalized spacial score (nSPS) is 10.9. The van der Waals surface area contributed by atoms with Gasteiger partial charge >= 0.3 is 0 Å². The third-order valence-electron chi connectivity index (χ3n) is 3.00. The SMILES string of the molecule is CCc1nc(-c2ccccc2)n2cc[nH]c(=O)c12. The van der Waals surface area contributed by atoms with E-state index in [2.05, 4.69) is 9.97 Å². The molecule has 0 aliphatic carbocycles. The standard InChI is InChI=1S/C14H13N3O/c1-2-11-12-14(18)15-8-9-17(12)13(16-11)10-6-4-3-5-7-10/h3-9H,2H2,1H3,(H,15,18). The molecule has 18 heavy (non-hydrogen) atoms. The molecular weight excluding hydrogens is 226 g/mol. The molecule has 0 aliphatic heterocycles. The van der Waals surface area contributed by atoms with E-state index in [1.54, 1.807) is 6.20 Å². The van der Waals surface area contributed by atoms with Crippen molar-refractivity contribution >= 4 is 5.52 Å². The minimum Gasteiger partial charge on any atom is -0.326 e. The monoisotopic (exact) mass is 239 g/mol. The van der Waals surface area contributed by atoms with Gasteiger partial charge in [-0.05, 0) is 6.42 Å². The molecule has 0 fully saturated rings. The predicted octanol–water partition coefficient (Wildman–Crippen LogP) is 2.25. The van der Waals surface area contributed by atoms with E-state index >= 15 is 0 Å². The average molecular weight is 239 g/mol. The van der Waals surface area contributed by atoms with Crippen molar-refractivity contribution < 1.29 is 0 Å². The minimum absolute atomic E-state index is 0.0935. The van der Waals surface area contributed by atoms with Crippen LogP contribution < -0.4 is 5.56 Å². The predicted molar refractivity (Wildman–Crippen MR) is 70.6 cm³/mol. The quantitative estimate of drug-likeness (QED) is 0.745. The summed E-state index contributed by atoms with van der Waals surface area (Å²) < 4.78 is 1.85. The number of aromatic amines is 1. The Morgan fingerprint density at radius 2 is 2.06 bits per heavy atom. The lowest BCUT2D eigenvalue weighted by Gasteiger charge is -1.99. The zero-order valence-electron chi connectivity index (χ0n) is 10.1. The van der Waals surface area contributed by atoms with Gasteiger partial charge in [-0.1, -0.05) is 37.3 Å². The van der Waals surface area contributed by atoms with Crippen molar-refractivity contribution in [3.8, 4) is 11.4 Å². The maximum Gasteiger partial charge on any atom is 0.274 e. The Morgan fingerprint density at radius 3 is 2.78 bits per heavy atom. The topological polar surface area (TPSA) is 50.2 Å². The summed E-state index contributed by atoms with van der Waals surface area (Å²) in [4.78, 5) is 19.2. The van der Waals surface area contributed by atoms with Crippen molar-refractivity contribution in [3.63, 3.8) is 0 Å². The number of benzene rings is 1. The van der Waals surface area contributed by atoms with Gasteiger partial charge in [-0.25, -0.2) is 4.98 Å². The summed E-state index contributed by atoms with van der Waals surface area (Å²) in [5, 5.41) is 0. The Balaban J connectivity index is 2.38. The molecule has 0 radical (unpaired) electrons. The summed E-state index contributed by atoms with van der Waals surface area (Å²) in [6.07, 6.45) is 4.22. The van der Waals surface area contributed by atoms with E-state index in [1.807, 2.05) is 47.9 Å². The van der Waals surface area contributed by atoms with Crippen molar-refractivity contribution in [1.82, 2.24) is 14.4 Å². The van der Waals surface area contributed by atoms with E-state index in [-0.39, 0.29) is 5.56 Å². The molecule has 0 spiro atoms. The molecule has 0 atom stereocenters. The Hall–Kier alpha value is -2.36. The summed E-state index contributed by atoms with van der Waals surface area (Å²) in [7, 11) is 0. The Morgan fingerprint density at radius 1 is 1.28 bits per heavy atom. The molecule has 2 heterocycles. The third-order valence-corrected chi connectivity index (χ3v) is 3.00. The lowest BCUT2D eigenvalue weighted by atomic mass is 10.2.